The molecule has 0 aromatic heterocycles. The molecule has 1 aromatic rings. The second-order valence-electron chi connectivity index (χ2n) is 3.20. The molecule has 2 N–H and O–H groups in total. The summed E-state index contributed by atoms with van der Waals surface area (Å²) in [4.78, 5) is 11.1. The van der Waals surface area contributed by atoms with Crippen LogP contribution in [0.1, 0.15) is 5.56 Å². The van der Waals surface area contributed by atoms with Gasteiger partial charge in [-0.15, -0.1) is 0 Å². The van der Waals surface area contributed by atoms with Crippen LogP contribution < -0.4 is 10.6 Å². The van der Waals surface area contributed by atoms with Crippen molar-refractivity contribution in [3.8, 4) is 6.07 Å². The van der Waals surface area contributed by atoms with Gasteiger partial charge in [0.1, 0.15) is 24.0 Å². The first-order valence-electron chi connectivity index (χ1n) is 4.63. The van der Waals surface area contributed by atoms with Crippen LogP contribution in [0, 0.1) is 17.1 Å². The molecule has 4 nitrogen and oxygen atoms in total. The van der Waals surface area contributed by atoms with Crippen molar-refractivity contribution >= 4 is 11.7 Å². The first-order valence-corrected chi connectivity index (χ1v) is 4.63. The molecular weight excluding hydrogens is 254 g/mol. The molecular formula is C10H7F4N3O. The maximum absolute atomic E-state index is 13.1. The van der Waals surface area contributed by atoms with Gasteiger partial charge in [0, 0.05) is 0 Å². The highest BCUT2D eigenvalue weighted by Crippen LogP contribution is 2.17. The van der Waals surface area contributed by atoms with Crippen molar-refractivity contribution in [3.63, 3.8) is 0 Å². The van der Waals surface area contributed by atoms with Crippen molar-refractivity contribution in [2.75, 3.05) is 11.9 Å². The molecule has 0 heterocycles. The number of anilines is 1. The van der Waals surface area contributed by atoms with Crippen molar-refractivity contribution < 1.29 is 22.4 Å². The maximum atomic E-state index is 13.1. The van der Waals surface area contributed by atoms with Crippen LogP contribution in [0.25, 0.3) is 0 Å². The van der Waals surface area contributed by atoms with Gasteiger partial charge in [0.25, 0.3) is 0 Å². The van der Waals surface area contributed by atoms with E-state index in [4.69, 9.17) is 5.26 Å². The minimum atomic E-state index is -4.54. The molecule has 0 aliphatic rings. The minimum absolute atomic E-state index is 0.197. The van der Waals surface area contributed by atoms with E-state index in [1.54, 1.807) is 0 Å². The molecule has 0 saturated carbocycles. The SMILES string of the molecule is N#Cc1c(F)cccc1NC(=O)NCC(F)(F)F. The molecule has 8 heteroatoms. The summed E-state index contributed by atoms with van der Waals surface area (Å²) in [5.74, 6) is -0.869. The third-order valence-corrected chi connectivity index (χ3v) is 1.82. The van der Waals surface area contributed by atoms with E-state index >= 15 is 0 Å². The third-order valence-electron chi connectivity index (χ3n) is 1.82. The Kier molecular flexibility index (Phi) is 4.09. The van der Waals surface area contributed by atoms with Crippen LogP contribution in [-0.2, 0) is 0 Å². The second-order valence-corrected chi connectivity index (χ2v) is 3.20. The molecule has 0 spiro atoms. The van der Waals surface area contributed by atoms with Crippen LogP contribution in [0.3, 0.4) is 0 Å². The number of halogens is 4. The summed E-state index contributed by atoms with van der Waals surface area (Å²) in [6.45, 7) is -1.52. The zero-order valence-corrected chi connectivity index (χ0v) is 8.81. The van der Waals surface area contributed by atoms with Crippen LogP contribution in [0.2, 0.25) is 0 Å². The van der Waals surface area contributed by atoms with Gasteiger partial charge in [0.05, 0.1) is 5.69 Å². The summed E-state index contributed by atoms with van der Waals surface area (Å²) in [7, 11) is 0. The largest absolute Gasteiger partial charge is 0.405 e. The van der Waals surface area contributed by atoms with E-state index < -0.39 is 30.1 Å². The van der Waals surface area contributed by atoms with Crippen molar-refractivity contribution in [1.29, 1.82) is 5.26 Å². The number of amides is 2. The van der Waals surface area contributed by atoms with Gasteiger partial charge in [-0.1, -0.05) is 6.07 Å². The molecule has 0 atom stereocenters. The highest BCUT2D eigenvalue weighted by atomic mass is 19.4. The van der Waals surface area contributed by atoms with Gasteiger partial charge in [-0.3, -0.25) is 0 Å². The fraction of sp³-hybridized carbons (Fsp3) is 0.200. The summed E-state index contributed by atoms with van der Waals surface area (Å²) in [5, 5.41) is 12.1. The Morgan fingerprint density at radius 2 is 2.06 bits per heavy atom. The number of alkyl halides is 3. The molecule has 0 radical (unpaired) electrons. The monoisotopic (exact) mass is 261 g/mol. The van der Waals surface area contributed by atoms with Crippen molar-refractivity contribution in [3.05, 3.63) is 29.6 Å². The van der Waals surface area contributed by atoms with Gasteiger partial charge >= 0.3 is 12.2 Å². The van der Waals surface area contributed by atoms with Gasteiger partial charge in [0.15, 0.2) is 0 Å². The quantitative estimate of drug-likeness (QED) is 0.803. The summed E-state index contributed by atoms with van der Waals surface area (Å²) < 4.78 is 48.5. The Balaban J connectivity index is 2.72. The van der Waals surface area contributed by atoms with Crippen LogP contribution >= 0.6 is 0 Å². The molecule has 1 rings (SSSR count). The fourth-order valence-corrected chi connectivity index (χ4v) is 1.09. The lowest BCUT2D eigenvalue weighted by Gasteiger charge is -2.10. The third kappa shape index (κ3) is 3.93. The van der Waals surface area contributed by atoms with Gasteiger partial charge in [-0.2, -0.15) is 18.4 Å². The van der Waals surface area contributed by atoms with Gasteiger partial charge < -0.3 is 10.6 Å². The lowest BCUT2D eigenvalue weighted by Crippen LogP contribution is -2.36. The number of urea groups is 1. The average molecular weight is 261 g/mol. The van der Waals surface area contributed by atoms with E-state index in [0.717, 1.165) is 6.07 Å². The number of benzene rings is 1. The molecule has 0 unspecified atom stereocenters. The number of carbonyl (C=O) groups excluding carboxylic acids is 1. The average Bonchev–Trinajstić information content (AvgIpc) is 2.26. The summed E-state index contributed by atoms with van der Waals surface area (Å²) in [6.07, 6.45) is -4.54. The van der Waals surface area contributed by atoms with E-state index in [2.05, 4.69) is 0 Å². The van der Waals surface area contributed by atoms with E-state index in [1.807, 2.05) is 5.32 Å². The predicted molar refractivity (Wildman–Crippen MR) is 54.2 cm³/mol. The molecule has 0 saturated heterocycles. The summed E-state index contributed by atoms with van der Waals surface area (Å²) in [6, 6.07) is 3.75. The van der Waals surface area contributed by atoms with Crippen LogP contribution in [0.4, 0.5) is 28.0 Å². The summed E-state index contributed by atoms with van der Waals surface area (Å²) >= 11 is 0. The number of hydrogen-bond acceptors (Lipinski definition) is 2. The van der Waals surface area contributed by atoms with Crippen molar-refractivity contribution in [1.82, 2.24) is 5.32 Å². The Labute approximate surface area is 99.2 Å². The van der Waals surface area contributed by atoms with E-state index in [9.17, 15) is 22.4 Å². The molecule has 0 aliphatic carbocycles. The Morgan fingerprint density at radius 3 is 2.61 bits per heavy atom. The van der Waals surface area contributed by atoms with Crippen LogP contribution in [0.5, 0.6) is 0 Å². The number of rotatable bonds is 2. The molecule has 0 aliphatic heterocycles. The molecule has 96 valence electrons. The highest BCUT2D eigenvalue weighted by molar-refractivity contribution is 5.90. The lowest BCUT2D eigenvalue weighted by molar-refractivity contribution is -0.122. The Hall–Kier alpha value is -2.30. The Morgan fingerprint density at radius 1 is 1.39 bits per heavy atom. The maximum Gasteiger partial charge on any atom is 0.405 e. The molecule has 1 aromatic carbocycles. The normalized spacial score (nSPS) is 10.6. The van der Waals surface area contributed by atoms with Gasteiger partial charge in [-0.25, -0.2) is 9.18 Å². The molecule has 0 fully saturated rings. The summed E-state index contributed by atoms with van der Waals surface area (Å²) in [5.41, 5.74) is -0.642. The van der Waals surface area contributed by atoms with Crippen LogP contribution in [-0.4, -0.2) is 18.8 Å². The van der Waals surface area contributed by atoms with E-state index in [-0.39, 0.29) is 5.69 Å². The van der Waals surface area contributed by atoms with Crippen LogP contribution in [0.15, 0.2) is 18.2 Å². The second kappa shape index (κ2) is 5.35. The number of hydrogen-bond donors (Lipinski definition) is 2. The smallest absolute Gasteiger partial charge is 0.329 e. The number of nitrogens with zero attached hydrogens (tertiary/aromatic N) is 1. The van der Waals surface area contributed by atoms with E-state index in [0.29, 0.717) is 0 Å². The van der Waals surface area contributed by atoms with Gasteiger partial charge in [0.2, 0.25) is 0 Å². The van der Waals surface area contributed by atoms with Crippen molar-refractivity contribution in [2.24, 2.45) is 0 Å². The molecule has 0 bridgehead atoms. The van der Waals surface area contributed by atoms with Crippen molar-refractivity contribution in [2.45, 2.75) is 6.18 Å². The number of nitrogens with one attached hydrogen (secondary N) is 2. The number of carbonyl (C=O) groups is 1. The lowest BCUT2D eigenvalue weighted by atomic mass is 10.2. The Bertz CT molecular complexity index is 493. The van der Waals surface area contributed by atoms with Gasteiger partial charge in [-0.05, 0) is 12.1 Å². The first kappa shape index (κ1) is 13.8. The van der Waals surface area contributed by atoms with E-state index in [1.165, 1.54) is 23.5 Å². The minimum Gasteiger partial charge on any atom is -0.329 e. The predicted octanol–water partition coefficient (Wildman–Crippen LogP) is 2.38. The topological polar surface area (TPSA) is 64.9 Å². The standard InChI is InChI=1S/C10H7F4N3O/c11-7-2-1-3-8(6(7)4-15)17-9(18)16-5-10(12,13)14/h1-3H,5H2,(H2,16,17,18). The molecule has 18 heavy (non-hydrogen) atoms. The zero-order valence-electron chi connectivity index (χ0n) is 8.81. The fourth-order valence-electron chi connectivity index (χ4n) is 1.09. The molecule has 2 amide bonds. The number of nitriles is 1. The highest BCUT2D eigenvalue weighted by Gasteiger charge is 2.27. The first-order chi connectivity index (χ1) is 8.33. The zero-order chi connectivity index (χ0) is 13.8.